The Balaban J connectivity index is 2.94. The van der Waals surface area contributed by atoms with E-state index in [1.54, 1.807) is 10.8 Å². The van der Waals surface area contributed by atoms with Crippen molar-refractivity contribution < 1.29 is 39.4 Å². The van der Waals surface area contributed by atoms with E-state index in [0.29, 0.717) is 36.9 Å². The summed E-state index contributed by atoms with van der Waals surface area (Å²) in [5.41, 5.74) is 17.3. The van der Waals surface area contributed by atoms with Crippen molar-refractivity contribution in [3.8, 4) is 5.75 Å². The Morgan fingerprint density at radius 2 is 1.55 bits per heavy atom. The lowest BCUT2D eigenvalue weighted by molar-refractivity contribution is -0.698. The van der Waals surface area contributed by atoms with Gasteiger partial charge >= 0.3 is 11.9 Å². The number of aliphatic carboxylic acids is 3. The lowest BCUT2D eigenvalue weighted by Gasteiger charge is -2.16. The molecule has 9 N–H and O–H groups in total. The Bertz CT molecular complexity index is 741. The molecule has 0 spiro atoms. The van der Waals surface area contributed by atoms with Crippen molar-refractivity contribution in [2.24, 2.45) is 17.2 Å². The van der Waals surface area contributed by atoms with Crippen LogP contribution in [0.3, 0.4) is 0 Å². The summed E-state index contributed by atoms with van der Waals surface area (Å²) in [6, 6.07) is -3.37. The number of hydrogen-bond acceptors (Lipinski definition) is 8. The summed E-state index contributed by atoms with van der Waals surface area (Å²) in [6.07, 6.45) is 4.63. The fourth-order valence-corrected chi connectivity index (χ4v) is 2.81. The van der Waals surface area contributed by atoms with Gasteiger partial charge in [0.25, 0.3) is 0 Å². The van der Waals surface area contributed by atoms with E-state index in [2.05, 4.69) is 0 Å². The van der Waals surface area contributed by atoms with Crippen LogP contribution < -0.4 is 26.9 Å². The molecule has 1 aromatic heterocycles. The number of carboxylic acid groups (broad SMARTS) is 3. The third-order valence-electron chi connectivity index (χ3n) is 4.57. The summed E-state index contributed by atoms with van der Waals surface area (Å²) in [5.74, 6) is -3.88. The van der Waals surface area contributed by atoms with E-state index in [0.717, 1.165) is 0 Å². The molecule has 1 heterocycles. The second kappa shape index (κ2) is 11.3. The molecule has 11 heteroatoms. The average molecular weight is 412 g/mol. The van der Waals surface area contributed by atoms with Crippen LogP contribution >= 0.6 is 0 Å². The number of hydrogen-bond donors (Lipinski definition) is 6. The number of nitrogens with two attached hydrogens (primary N) is 3. The first-order valence-electron chi connectivity index (χ1n) is 9.20. The number of aryl methyl sites for hydroxylation is 2. The second-order valence-corrected chi connectivity index (χ2v) is 6.94. The SMILES string of the molecule is N[C@@H](Cc1c(O)c[n+](CCCC[C@H](N)C(=O)O)cc1CC[C@H](N)C(=O)O)C(=O)[O-]. The summed E-state index contributed by atoms with van der Waals surface area (Å²) in [4.78, 5) is 32.6. The van der Waals surface area contributed by atoms with Crippen molar-refractivity contribution >= 4 is 17.9 Å². The van der Waals surface area contributed by atoms with Crippen LogP contribution in [0.2, 0.25) is 0 Å². The highest BCUT2D eigenvalue weighted by atomic mass is 16.4. The van der Waals surface area contributed by atoms with E-state index in [1.165, 1.54) is 6.20 Å². The van der Waals surface area contributed by atoms with Crippen molar-refractivity contribution in [2.75, 3.05) is 0 Å². The maximum Gasteiger partial charge on any atom is 0.320 e. The van der Waals surface area contributed by atoms with Gasteiger partial charge < -0.3 is 42.4 Å². The minimum absolute atomic E-state index is 0.0831. The number of carbonyl (C=O) groups excluding carboxylic acids is 1. The molecule has 1 aromatic rings. The van der Waals surface area contributed by atoms with Gasteiger partial charge in [0.2, 0.25) is 6.20 Å². The molecule has 0 amide bonds. The molecule has 0 aliphatic rings. The van der Waals surface area contributed by atoms with Crippen LogP contribution in [-0.4, -0.2) is 51.4 Å². The van der Waals surface area contributed by atoms with Gasteiger partial charge in [0.05, 0.1) is 5.97 Å². The van der Waals surface area contributed by atoms with E-state index in [4.69, 9.17) is 27.4 Å². The zero-order valence-corrected chi connectivity index (χ0v) is 16.0. The molecule has 11 nitrogen and oxygen atoms in total. The molecule has 0 fully saturated rings. The highest BCUT2D eigenvalue weighted by Crippen LogP contribution is 2.22. The Hall–Kier alpha value is -2.76. The molecule has 0 bridgehead atoms. The minimum atomic E-state index is -1.47. The standard InChI is InChI=1S/C18H28N4O7/c19-12(16(24)25)3-1-2-6-22-8-10(4-5-13(20)17(26)27)11(15(23)9-22)7-14(21)18(28)29/h8-9,12-14H,1-7,19-21H2,(H3-,23,24,25,26,27,28,29)/t12-,13-,14-/m0/s1. The number of carboxylic acids is 3. The number of aromatic nitrogens is 1. The summed E-state index contributed by atoms with van der Waals surface area (Å²) in [6.45, 7) is 0.449. The molecular weight excluding hydrogens is 384 g/mol. The Kier molecular flexibility index (Phi) is 9.45. The van der Waals surface area contributed by atoms with Crippen LogP contribution in [0, 0.1) is 0 Å². The van der Waals surface area contributed by atoms with Crippen LogP contribution in [0.25, 0.3) is 0 Å². The van der Waals surface area contributed by atoms with E-state index < -0.39 is 36.0 Å². The third-order valence-corrected chi connectivity index (χ3v) is 4.57. The number of carbonyl (C=O) groups is 3. The maximum atomic E-state index is 11.0. The molecule has 0 aromatic carbocycles. The molecule has 0 saturated carbocycles. The van der Waals surface area contributed by atoms with E-state index in [9.17, 15) is 24.6 Å². The van der Waals surface area contributed by atoms with E-state index in [1.807, 2.05) is 0 Å². The molecule has 1 rings (SSSR count). The first kappa shape index (κ1) is 24.3. The predicted octanol–water partition coefficient (Wildman–Crippen LogP) is -2.77. The zero-order valence-electron chi connectivity index (χ0n) is 16.0. The highest BCUT2D eigenvalue weighted by Gasteiger charge is 2.21. The Morgan fingerprint density at radius 3 is 2.10 bits per heavy atom. The zero-order chi connectivity index (χ0) is 22.1. The summed E-state index contributed by atoms with van der Waals surface area (Å²) in [5, 5.41) is 39.0. The highest BCUT2D eigenvalue weighted by molar-refractivity contribution is 5.73. The second-order valence-electron chi connectivity index (χ2n) is 6.94. The fourth-order valence-electron chi connectivity index (χ4n) is 2.81. The molecule has 0 aliphatic heterocycles. The number of nitrogens with zero attached hydrogens (tertiary/aromatic N) is 1. The molecule has 162 valence electrons. The average Bonchev–Trinajstić information content (AvgIpc) is 2.64. The summed E-state index contributed by atoms with van der Waals surface area (Å²) >= 11 is 0. The summed E-state index contributed by atoms with van der Waals surface area (Å²) in [7, 11) is 0. The normalized spacial score (nSPS) is 14.2. The van der Waals surface area contributed by atoms with Crippen LogP contribution in [-0.2, 0) is 33.8 Å². The van der Waals surface area contributed by atoms with Gasteiger partial charge in [-0.2, -0.15) is 0 Å². The van der Waals surface area contributed by atoms with Crippen LogP contribution in [0.1, 0.15) is 36.8 Å². The maximum absolute atomic E-state index is 11.0. The lowest BCUT2D eigenvalue weighted by atomic mass is 9.96. The molecule has 0 unspecified atom stereocenters. The van der Waals surface area contributed by atoms with Crippen LogP contribution in [0.15, 0.2) is 12.4 Å². The quantitative estimate of drug-likeness (QED) is 0.145. The molecule has 3 atom stereocenters. The van der Waals surface area contributed by atoms with Gasteiger partial charge in [-0.25, -0.2) is 4.57 Å². The molecule has 0 saturated heterocycles. The minimum Gasteiger partial charge on any atom is -0.548 e. The third kappa shape index (κ3) is 8.02. The molecule has 0 radical (unpaired) electrons. The van der Waals surface area contributed by atoms with Crippen molar-refractivity contribution in [2.45, 2.75) is 63.2 Å². The largest absolute Gasteiger partial charge is 0.548 e. The molecular formula is C18H28N4O7. The molecule has 0 aliphatic carbocycles. The Labute approximate surface area is 167 Å². The van der Waals surface area contributed by atoms with Gasteiger partial charge in [-0.1, -0.05) is 0 Å². The number of rotatable bonds is 13. The van der Waals surface area contributed by atoms with Gasteiger partial charge in [0, 0.05) is 23.6 Å². The Morgan fingerprint density at radius 1 is 0.966 bits per heavy atom. The van der Waals surface area contributed by atoms with E-state index in [-0.39, 0.29) is 25.0 Å². The van der Waals surface area contributed by atoms with E-state index >= 15 is 0 Å². The van der Waals surface area contributed by atoms with Crippen molar-refractivity contribution in [1.29, 1.82) is 0 Å². The molecule has 29 heavy (non-hydrogen) atoms. The first-order chi connectivity index (χ1) is 13.5. The van der Waals surface area contributed by atoms with Gasteiger partial charge in [0.1, 0.15) is 18.6 Å². The van der Waals surface area contributed by atoms with Crippen molar-refractivity contribution in [3.63, 3.8) is 0 Å². The van der Waals surface area contributed by atoms with Crippen LogP contribution in [0.4, 0.5) is 0 Å². The number of pyridine rings is 1. The van der Waals surface area contributed by atoms with Gasteiger partial charge in [0.15, 0.2) is 11.9 Å². The van der Waals surface area contributed by atoms with Gasteiger partial charge in [-0.05, 0) is 32.1 Å². The number of unbranched alkanes of at least 4 members (excludes halogenated alkanes) is 1. The first-order valence-corrected chi connectivity index (χ1v) is 9.20. The monoisotopic (exact) mass is 412 g/mol. The summed E-state index contributed by atoms with van der Waals surface area (Å²) < 4.78 is 1.66. The fraction of sp³-hybridized carbons (Fsp3) is 0.556. The van der Waals surface area contributed by atoms with Gasteiger partial charge in [-0.15, -0.1) is 0 Å². The predicted molar refractivity (Wildman–Crippen MR) is 98.4 cm³/mol. The number of aromatic hydroxyl groups is 1. The van der Waals surface area contributed by atoms with Crippen molar-refractivity contribution in [1.82, 2.24) is 0 Å². The van der Waals surface area contributed by atoms with Crippen LogP contribution in [0.5, 0.6) is 5.75 Å². The lowest BCUT2D eigenvalue weighted by Crippen LogP contribution is -2.43. The topological polar surface area (TPSA) is 217 Å². The van der Waals surface area contributed by atoms with Crippen molar-refractivity contribution in [3.05, 3.63) is 23.5 Å². The van der Waals surface area contributed by atoms with Gasteiger partial charge in [-0.3, -0.25) is 9.59 Å². The smallest absolute Gasteiger partial charge is 0.320 e.